The molecule has 1 aromatic heterocycles. The molecule has 0 N–H and O–H groups in total. The molecule has 1 saturated heterocycles. The normalized spacial score (nSPS) is 17.3. The summed E-state index contributed by atoms with van der Waals surface area (Å²) in [5.41, 5.74) is 6.21. The topological polar surface area (TPSA) is 79.7 Å². The molecular weight excluding hydrogens is 434 g/mol. The molecule has 0 aliphatic carbocycles. The zero-order valence-electron chi connectivity index (χ0n) is 19.0. The average molecular weight is 464 g/mol. The molecule has 2 heterocycles. The van der Waals surface area contributed by atoms with E-state index in [1.807, 2.05) is 31.2 Å². The standard InChI is InChI=1S/C26H29N3O3S/c1-19-5-3-4-6-24(19)25(18-26(28-30)22-11-12-27-20(2)17-22)21-7-9-23(10-8-21)29-13-15-33(31,32)16-14-29/h3-12,17,25-26H,13-16,18H2,1-2H3. The minimum absolute atomic E-state index is 0.00171. The van der Waals surface area contributed by atoms with Crippen molar-refractivity contribution in [3.8, 4) is 0 Å². The van der Waals surface area contributed by atoms with Gasteiger partial charge in [-0.15, -0.1) is 0 Å². The minimum Gasteiger partial charge on any atom is -0.369 e. The van der Waals surface area contributed by atoms with Crippen molar-refractivity contribution in [1.29, 1.82) is 0 Å². The van der Waals surface area contributed by atoms with Crippen LogP contribution in [0.1, 0.15) is 46.3 Å². The molecule has 3 aromatic rings. The second kappa shape index (κ2) is 9.83. The highest BCUT2D eigenvalue weighted by Crippen LogP contribution is 2.37. The molecule has 1 fully saturated rings. The lowest BCUT2D eigenvalue weighted by atomic mass is 9.82. The number of aromatic nitrogens is 1. The molecule has 6 nitrogen and oxygen atoms in total. The van der Waals surface area contributed by atoms with Crippen LogP contribution < -0.4 is 4.90 Å². The van der Waals surface area contributed by atoms with Crippen LogP contribution in [0.3, 0.4) is 0 Å². The number of rotatable bonds is 7. The summed E-state index contributed by atoms with van der Waals surface area (Å²) in [5.74, 6) is 0.384. The van der Waals surface area contributed by atoms with Gasteiger partial charge in [-0.2, -0.15) is 4.91 Å². The predicted molar refractivity (Wildman–Crippen MR) is 132 cm³/mol. The third-order valence-electron chi connectivity index (χ3n) is 6.46. The summed E-state index contributed by atoms with van der Waals surface area (Å²) in [6.07, 6.45) is 2.28. The average Bonchev–Trinajstić information content (AvgIpc) is 2.81. The summed E-state index contributed by atoms with van der Waals surface area (Å²) in [6.45, 7) is 5.03. The van der Waals surface area contributed by atoms with E-state index in [0.717, 1.165) is 22.5 Å². The second-order valence-corrected chi connectivity index (χ2v) is 11.0. The summed E-state index contributed by atoms with van der Waals surface area (Å²) >= 11 is 0. The molecule has 7 heteroatoms. The molecular formula is C26H29N3O3S. The van der Waals surface area contributed by atoms with Gasteiger partial charge in [0.2, 0.25) is 0 Å². The highest BCUT2D eigenvalue weighted by Gasteiger charge is 2.25. The van der Waals surface area contributed by atoms with Crippen molar-refractivity contribution in [2.75, 3.05) is 29.5 Å². The van der Waals surface area contributed by atoms with E-state index < -0.39 is 15.9 Å². The Labute approximate surface area is 195 Å². The van der Waals surface area contributed by atoms with Crippen LogP contribution in [-0.4, -0.2) is 38.0 Å². The molecule has 1 aliphatic heterocycles. The Balaban J connectivity index is 1.64. The maximum atomic E-state index is 11.9. The van der Waals surface area contributed by atoms with E-state index in [9.17, 15) is 13.3 Å². The molecule has 0 spiro atoms. The van der Waals surface area contributed by atoms with Crippen molar-refractivity contribution in [2.24, 2.45) is 5.18 Å². The molecule has 2 unspecified atom stereocenters. The van der Waals surface area contributed by atoms with Gasteiger partial charge in [0.15, 0.2) is 9.84 Å². The number of aryl methyl sites for hydroxylation is 2. The number of benzene rings is 2. The molecule has 172 valence electrons. The van der Waals surface area contributed by atoms with Gasteiger partial charge in [0.1, 0.15) is 6.04 Å². The van der Waals surface area contributed by atoms with Crippen molar-refractivity contribution >= 4 is 15.5 Å². The Bertz CT molecular complexity index is 1210. The molecule has 2 atom stereocenters. The maximum absolute atomic E-state index is 11.9. The van der Waals surface area contributed by atoms with Gasteiger partial charge in [-0.3, -0.25) is 4.98 Å². The first kappa shape index (κ1) is 23.1. The van der Waals surface area contributed by atoms with Crippen LogP contribution in [0.15, 0.2) is 72.0 Å². The lowest BCUT2D eigenvalue weighted by molar-refractivity contribution is 0.586. The monoisotopic (exact) mass is 463 g/mol. The van der Waals surface area contributed by atoms with Crippen LogP contribution in [-0.2, 0) is 9.84 Å². The predicted octanol–water partition coefficient (Wildman–Crippen LogP) is 4.96. The number of hydrogen-bond acceptors (Lipinski definition) is 6. The Kier molecular flexibility index (Phi) is 6.88. The lowest BCUT2D eigenvalue weighted by Crippen LogP contribution is -2.40. The number of nitrogens with zero attached hydrogens (tertiary/aromatic N) is 3. The van der Waals surface area contributed by atoms with Gasteiger partial charge in [-0.05, 0) is 66.8 Å². The van der Waals surface area contributed by atoms with Crippen LogP contribution >= 0.6 is 0 Å². The Morgan fingerprint density at radius 2 is 1.67 bits per heavy atom. The van der Waals surface area contributed by atoms with E-state index in [1.54, 1.807) is 6.20 Å². The zero-order valence-corrected chi connectivity index (χ0v) is 19.8. The van der Waals surface area contributed by atoms with Gasteiger partial charge in [0, 0.05) is 36.6 Å². The number of anilines is 1. The summed E-state index contributed by atoms with van der Waals surface area (Å²) < 4.78 is 23.5. The summed E-state index contributed by atoms with van der Waals surface area (Å²) in [7, 11) is -2.92. The van der Waals surface area contributed by atoms with Crippen molar-refractivity contribution in [3.05, 3.63) is 99.7 Å². The fourth-order valence-corrected chi connectivity index (χ4v) is 5.75. The molecule has 0 bridgehead atoms. The van der Waals surface area contributed by atoms with Gasteiger partial charge >= 0.3 is 0 Å². The van der Waals surface area contributed by atoms with Gasteiger partial charge < -0.3 is 4.90 Å². The Morgan fingerprint density at radius 3 is 2.30 bits per heavy atom. The van der Waals surface area contributed by atoms with Gasteiger partial charge in [-0.25, -0.2) is 8.42 Å². The number of nitroso groups, excluding NO2 is 1. The van der Waals surface area contributed by atoms with Crippen molar-refractivity contribution in [3.63, 3.8) is 0 Å². The number of pyridine rings is 1. The van der Waals surface area contributed by atoms with Gasteiger partial charge in [-0.1, -0.05) is 41.6 Å². The molecule has 33 heavy (non-hydrogen) atoms. The summed E-state index contributed by atoms with van der Waals surface area (Å²) in [4.78, 5) is 18.2. The summed E-state index contributed by atoms with van der Waals surface area (Å²) in [6, 6.07) is 19.8. The quantitative estimate of drug-likeness (QED) is 0.463. The van der Waals surface area contributed by atoms with Crippen LogP contribution in [0, 0.1) is 18.8 Å². The molecule has 4 rings (SSSR count). The molecule has 2 aromatic carbocycles. The molecule has 0 saturated carbocycles. The smallest absolute Gasteiger partial charge is 0.153 e. The van der Waals surface area contributed by atoms with E-state index in [0.29, 0.717) is 19.5 Å². The molecule has 0 radical (unpaired) electrons. The van der Waals surface area contributed by atoms with E-state index >= 15 is 0 Å². The maximum Gasteiger partial charge on any atom is 0.153 e. The number of hydrogen-bond donors (Lipinski definition) is 0. The van der Waals surface area contributed by atoms with Crippen molar-refractivity contribution < 1.29 is 8.42 Å². The van der Waals surface area contributed by atoms with Crippen molar-refractivity contribution in [2.45, 2.75) is 32.2 Å². The van der Waals surface area contributed by atoms with Gasteiger partial charge in [0.05, 0.1) is 11.5 Å². The third-order valence-corrected chi connectivity index (χ3v) is 8.07. The van der Waals surface area contributed by atoms with E-state index in [1.165, 1.54) is 11.1 Å². The summed E-state index contributed by atoms with van der Waals surface area (Å²) in [5, 5.41) is 3.48. The third kappa shape index (κ3) is 5.47. The molecule has 0 amide bonds. The second-order valence-electron chi connectivity index (χ2n) is 8.73. The van der Waals surface area contributed by atoms with Crippen molar-refractivity contribution in [1.82, 2.24) is 4.98 Å². The van der Waals surface area contributed by atoms with Crippen LogP contribution in [0.2, 0.25) is 0 Å². The Morgan fingerprint density at radius 1 is 0.970 bits per heavy atom. The van der Waals surface area contributed by atoms with E-state index in [-0.39, 0.29) is 17.4 Å². The largest absolute Gasteiger partial charge is 0.369 e. The first-order chi connectivity index (χ1) is 15.9. The van der Waals surface area contributed by atoms with Gasteiger partial charge in [0.25, 0.3) is 0 Å². The Hall–Kier alpha value is -3.06. The van der Waals surface area contributed by atoms with E-state index in [2.05, 4.69) is 58.4 Å². The zero-order chi connectivity index (χ0) is 23.4. The van der Waals surface area contributed by atoms with E-state index in [4.69, 9.17) is 0 Å². The first-order valence-corrected chi connectivity index (χ1v) is 13.0. The fraction of sp³-hybridized carbons (Fsp3) is 0.346. The van der Waals surface area contributed by atoms with Crippen LogP contribution in [0.5, 0.6) is 0 Å². The highest BCUT2D eigenvalue weighted by molar-refractivity contribution is 7.91. The number of sulfone groups is 1. The van der Waals surface area contributed by atoms with Crippen LogP contribution in [0.4, 0.5) is 5.69 Å². The first-order valence-electron chi connectivity index (χ1n) is 11.2. The fourth-order valence-electron chi connectivity index (χ4n) is 4.55. The molecule has 1 aliphatic rings. The highest BCUT2D eigenvalue weighted by atomic mass is 32.2. The SMILES string of the molecule is Cc1cc(C(CC(c2ccc(N3CCS(=O)(=O)CC3)cc2)c2ccccc2C)N=O)ccn1. The minimum atomic E-state index is -2.92. The van der Waals surface area contributed by atoms with Crippen LogP contribution in [0.25, 0.3) is 0 Å². The lowest BCUT2D eigenvalue weighted by Gasteiger charge is -2.29.